The summed E-state index contributed by atoms with van der Waals surface area (Å²) in [6.45, 7) is 1.53. The number of nitrogens with one attached hydrogen (secondary N) is 1. The molecule has 2 aromatic rings. The topological polar surface area (TPSA) is 81.4 Å². The molecule has 0 fully saturated rings. The monoisotopic (exact) mass is 316 g/mol. The normalized spacial score (nSPS) is 13.0. The van der Waals surface area contributed by atoms with Gasteiger partial charge in [0.1, 0.15) is 17.6 Å². The molecule has 0 saturated carbocycles. The van der Waals surface area contributed by atoms with Crippen molar-refractivity contribution in [1.82, 2.24) is 5.32 Å². The number of carbonyl (C=O) groups excluding carboxylic acids is 2. The van der Waals surface area contributed by atoms with Gasteiger partial charge in [-0.2, -0.15) is 0 Å². The van der Waals surface area contributed by atoms with Crippen LogP contribution < -0.4 is 15.8 Å². The molecule has 2 aromatic carbocycles. The molecular formula is C17H17FN2O3. The Morgan fingerprint density at radius 2 is 1.70 bits per heavy atom. The van der Waals surface area contributed by atoms with Gasteiger partial charge in [-0.15, -0.1) is 0 Å². The van der Waals surface area contributed by atoms with E-state index in [-0.39, 0.29) is 0 Å². The maximum Gasteiger partial charge on any atom is 0.261 e. The minimum Gasteiger partial charge on any atom is -0.481 e. The van der Waals surface area contributed by atoms with Gasteiger partial charge in [0.25, 0.3) is 5.91 Å². The number of hydrogen-bond donors (Lipinski definition) is 2. The van der Waals surface area contributed by atoms with Gasteiger partial charge in [0, 0.05) is 0 Å². The molecule has 0 aliphatic rings. The van der Waals surface area contributed by atoms with E-state index in [0.29, 0.717) is 11.3 Å². The van der Waals surface area contributed by atoms with Gasteiger partial charge >= 0.3 is 0 Å². The van der Waals surface area contributed by atoms with Crippen molar-refractivity contribution < 1.29 is 18.7 Å². The molecule has 2 amide bonds. The van der Waals surface area contributed by atoms with Gasteiger partial charge < -0.3 is 15.8 Å². The lowest BCUT2D eigenvalue weighted by Crippen LogP contribution is -2.43. The number of amides is 2. The van der Waals surface area contributed by atoms with Crippen LogP contribution in [0.3, 0.4) is 0 Å². The van der Waals surface area contributed by atoms with Gasteiger partial charge in [-0.3, -0.25) is 9.59 Å². The number of benzene rings is 2. The summed E-state index contributed by atoms with van der Waals surface area (Å²) in [7, 11) is 0. The van der Waals surface area contributed by atoms with Crippen molar-refractivity contribution in [2.45, 2.75) is 19.1 Å². The molecule has 0 bridgehead atoms. The fourth-order valence-electron chi connectivity index (χ4n) is 1.99. The molecule has 0 heterocycles. The van der Waals surface area contributed by atoms with E-state index in [2.05, 4.69) is 5.32 Å². The number of ether oxygens (including phenoxy) is 1. The molecule has 0 aliphatic carbocycles. The van der Waals surface area contributed by atoms with Crippen LogP contribution >= 0.6 is 0 Å². The summed E-state index contributed by atoms with van der Waals surface area (Å²) in [5.41, 5.74) is 5.94. The third-order valence-corrected chi connectivity index (χ3v) is 3.20. The molecule has 0 aliphatic heterocycles. The van der Waals surface area contributed by atoms with Crippen molar-refractivity contribution in [3.8, 4) is 5.75 Å². The lowest BCUT2D eigenvalue weighted by atomic mass is 10.1. The number of carbonyl (C=O) groups is 2. The second-order valence-electron chi connectivity index (χ2n) is 4.97. The molecule has 0 spiro atoms. The first-order valence-electron chi connectivity index (χ1n) is 7.04. The molecule has 120 valence electrons. The molecule has 0 aromatic heterocycles. The Hall–Kier alpha value is -2.89. The van der Waals surface area contributed by atoms with Crippen molar-refractivity contribution >= 4 is 11.8 Å². The van der Waals surface area contributed by atoms with Crippen LogP contribution in [0.4, 0.5) is 4.39 Å². The highest BCUT2D eigenvalue weighted by atomic mass is 19.1. The SMILES string of the molecule is CC(Oc1ccc(F)cc1)C(=O)NC(C(N)=O)c1ccccc1. The predicted molar refractivity (Wildman–Crippen MR) is 83.0 cm³/mol. The third-order valence-electron chi connectivity index (χ3n) is 3.20. The second kappa shape index (κ2) is 7.40. The van der Waals surface area contributed by atoms with Crippen molar-refractivity contribution in [2.75, 3.05) is 0 Å². The Morgan fingerprint density at radius 1 is 1.09 bits per heavy atom. The van der Waals surface area contributed by atoms with E-state index in [0.717, 1.165) is 0 Å². The largest absolute Gasteiger partial charge is 0.481 e. The van der Waals surface area contributed by atoms with E-state index in [1.807, 2.05) is 0 Å². The van der Waals surface area contributed by atoms with Crippen LogP contribution in [-0.2, 0) is 9.59 Å². The number of primary amides is 1. The summed E-state index contributed by atoms with van der Waals surface area (Å²) in [6, 6.07) is 13.0. The Kier molecular flexibility index (Phi) is 5.30. The van der Waals surface area contributed by atoms with Gasteiger partial charge in [-0.25, -0.2) is 4.39 Å². The zero-order chi connectivity index (χ0) is 16.8. The molecular weight excluding hydrogens is 299 g/mol. The van der Waals surface area contributed by atoms with Crippen LogP contribution in [0.5, 0.6) is 5.75 Å². The van der Waals surface area contributed by atoms with Gasteiger partial charge in [-0.05, 0) is 36.8 Å². The van der Waals surface area contributed by atoms with Gasteiger partial charge in [0.2, 0.25) is 5.91 Å². The van der Waals surface area contributed by atoms with Crippen LogP contribution in [-0.4, -0.2) is 17.9 Å². The number of halogens is 1. The predicted octanol–water partition coefficient (Wildman–Crippen LogP) is 1.94. The van der Waals surface area contributed by atoms with E-state index >= 15 is 0 Å². The van der Waals surface area contributed by atoms with E-state index in [1.165, 1.54) is 31.2 Å². The van der Waals surface area contributed by atoms with E-state index in [4.69, 9.17) is 10.5 Å². The first kappa shape index (κ1) is 16.5. The average molecular weight is 316 g/mol. The van der Waals surface area contributed by atoms with Crippen LogP contribution in [0.25, 0.3) is 0 Å². The van der Waals surface area contributed by atoms with Crippen LogP contribution in [0.15, 0.2) is 54.6 Å². The molecule has 23 heavy (non-hydrogen) atoms. The van der Waals surface area contributed by atoms with E-state index in [1.54, 1.807) is 30.3 Å². The quantitative estimate of drug-likeness (QED) is 0.854. The molecule has 6 heteroatoms. The molecule has 5 nitrogen and oxygen atoms in total. The van der Waals surface area contributed by atoms with E-state index in [9.17, 15) is 14.0 Å². The lowest BCUT2D eigenvalue weighted by molar-refractivity contribution is -0.131. The van der Waals surface area contributed by atoms with Crippen molar-refractivity contribution in [2.24, 2.45) is 5.73 Å². The zero-order valence-corrected chi connectivity index (χ0v) is 12.5. The lowest BCUT2D eigenvalue weighted by Gasteiger charge is -2.19. The van der Waals surface area contributed by atoms with Gasteiger partial charge in [-0.1, -0.05) is 30.3 Å². The zero-order valence-electron chi connectivity index (χ0n) is 12.5. The van der Waals surface area contributed by atoms with E-state index < -0.39 is 29.8 Å². The highest BCUT2D eigenvalue weighted by molar-refractivity contribution is 5.89. The standard InChI is InChI=1S/C17H17FN2O3/c1-11(23-14-9-7-13(18)8-10-14)17(22)20-15(16(19)21)12-5-3-2-4-6-12/h2-11,15H,1H3,(H2,19,21)(H,20,22). The molecule has 2 atom stereocenters. The molecule has 0 radical (unpaired) electrons. The summed E-state index contributed by atoms with van der Waals surface area (Å²) in [6.07, 6.45) is -0.869. The smallest absolute Gasteiger partial charge is 0.261 e. The van der Waals surface area contributed by atoms with Crippen LogP contribution in [0.1, 0.15) is 18.5 Å². The van der Waals surface area contributed by atoms with Crippen LogP contribution in [0, 0.1) is 5.82 Å². The maximum absolute atomic E-state index is 12.8. The minimum atomic E-state index is -0.942. The average Bonchev–Trinajstić information content (AvgIpc) is 2.55. The fraction of sp³-hybridized carbons (Fsp3) is 0.176. The van der Waals surface area contributed by atoms with Crippen molar-refractivity contribution in [3.63, 3.8) is 0 Å². The summed E-state index contributed by atoms with van der Waals surface area (Å²) >= 11 is 0. The number of hydrogen-bond acceptors (Lipinski definition) is 3. The fourth-order valence-corrected chi connectivity index (χ4v) is 1.99. The number of rotatable bonds is 6. The third kappa shape index (κ3) is 4.54. The molecule has 2 rings (SSSR count). The Labute approximate surface area is 133 Å². The van der Waals surface area contributed by atoms with Crippen LogP contribution in [0.2, 0.25) is 0 Å². The minimum absolute atomic E-state index is 0.351. The number of nitrogens with two attached hydrogens (primary N) is 1. The Morgan fingerprint density at radius 3 is 2.26 bits per heavy atom. The van der Waals surface area contributed by atoms with Crippen molar-refractivity contribution in [3.05, 3.63) is 66.0 Å². The first-order valence-corrected chi connectivity index (χ1v) is 7.04. The molecule has 2 unspecified atom stereocenters. The Bertz CT molecular complexity index is 674. The summed E-state index contributed by atoms with van der Waals surface area (Å²) in [4.78, 5) is 23.8. The first-order chi connectivity index (χ1) is 11.0. The Balaban J connectivity index is 2.03. The summed E-state index contributed by atoms with van der Waals surface area (Å²) in [5.74, 6) is -1.21. The summed E-state index contributed by atoms with van der Waals surface area (Å²) in [5, 5.41) is 2.55. The van der Waals surface area contributed by atoms with Crippen molar-refractivity contribution in [1.29, 1.82) is 0 Å². The van der Waals surface area contributed by atoms with Gasteiger partial charge in [0.15, 0.2) is 6.10 Å². The highest BCUT2D eigenvalue weighted by Crippen LogP contribution is 2.15. The molecule has 0 saturated heterocycles. The summed E-state index contributed by atoms with van der Waals surface area (Å²) < 4.78 is 18.3. The highest BCUT2D eigenvalue weighted by Gasteiger charge is 2.23. The second-order valence-corrected chi connectivity index (χ2v) is 4.97. The molecule has 3 N–H and O–H groups in total. The van der Waals surface area contributed by atoms with Gasteiger partial charge in [0.05, 0.1) is 0 Å². The maximum atomic E-state index is 12.8.